The third-order valence-corrected chi connectivity index (χ3v) is 2.41. The topological polar surface area (TPSA) is 70.3 Å². The van der Waals surface area contributed by atoms with Crippen LogP contribution in [0.5, 0.6) is 11.5 Å². The fourth-order valence-electron chi connectivity index (χ4n) is 1.56. The molecule has 2 aromatic rings. The molecule has 0 radical (unpaired) electrons. The number of ether oxygens (including phenoxy) is 1. The van der Waals surface area contributed by atoms with Gasteiger partial charge in [-0.3, -0.25) is 4.79 Å². The van der Waals surface area contributed by atoms with Crippen LogP contribution in [0, 0.1) is 11.5 Å². The summed E-state index contributed by atoms with van der Waals surface area (Å²) in [5.41, 5.74) is 0.660. The maximum Gasteiger partial charge on any atom is 0.292 e. The molecule has 0 saturated heterocycles. The van der Waals surface area contributed by atoms with Gasteiger partial charge in [0.1, 0.15) is 11.5 Å². The van der Waals surface area contributed by atoms with Crippen LogP contribution < -0.4 is 4.74 Å². The van der Waals surface area contributed by atoms with Gasteiger partial charge in [-0.25, -0.2) is 0 Å². The van der Waals surface area contributed by atoms with Gasteiger partial charge in [-0.15, -0.1) is 5.26 Å². The molecule has 0 heterocycles. The van der Waals surface area contributed by atoms with Crippen LogP contribution in [-0.4, -0.2) is 10.9 Å². The third-order valence-electron chi connectivity index (χ3n) is 2.41. The van der Waals surface area contributed by atoms with E-state index in [0.717, 1.165) is 0 Å². The number of phenols is 1. The zero-order valence-electron chi connectivity index (χ0n) is 9.33. The van der Waals surface area contributed by atoms with E-state index in [0.29, 0.717) is 5.56 Å². The monoisotopic (exact) mass is 239 g/mol. The predicted octanol–water partition coefficient (Wildman–Crippen LogP) is 2.48. The lowest BCUT2D eigenvalue weighted by molar-refractivity contribution is 0.103. The van der Waals surface area contributed by atoms with Gasteiger partial charge in [-0.1, -0.05) is 30.3 Å². The van der Waals surface area contributed by atoms with E-state index in [2.05, 4.69) is 4.74 Å². The molecule has 0 aromatic heterocycles. The van der Waals surface area contributed by atoms with E-state index < -0.39 is 0 Å². The molecule has 18 heavy (non-hydrogen) atoms. The molecule has 0 fully saturated rings. The van der Waals surface area contributed by atoms with Crippen molar-refractivity contribution in [1.29, 1.82) is 5.26 Å². The Balaban J connectivity index is 2.35. The molecule has 4 nitrogen and oxygen atoms in total. The normalized spacial score (nSPS) is 9.50. The summed E-state index contributed by atoms with van der Waals surface area (Å²) in [5.74, 6) is -0.298. The molecule has 1 N–H and O–H groups in total. The van der Waals surface area contributed by atoms with E-state index in [1.165, 1.54) is 24.5 Å². The first-order valence-electron chi connectivity index (χ1n) is 5.21. The molecule has 0 atom stereocenters. The summed E-state index contributed by atoms with van der Waals surface area (Å²) in [6.07, 6.45) is 1.50. The van der Waals surface area contributed by atoms with Gasteiger partial charge in [0.15, 0.2) is 5.78 Å². The number of carbonyl (C=O) groups excluding carboxylic acids is 1. The Bertz CT molecular complexity index is 615. The highest BCUT2D eigenvalue weighted by molar-refractivity contribution is 6.10. The average molecular weight is 239 g/mol. The Morgan fingerprint density at radius 1 is 1.17 bits per heavy atom. The van der Waals surface area contributed by atoms with Crippen molar-refractivity contribution >= 4 is 5.78 Å². The number of ketones is 1. The summed E-state index contributed by atoms with van der Waals surface area (Å²) in [7, 11) is 0. The Labute approximate surface area is 104 Å². The fraction of sp³-hybridized carbons (Fsp3) is 0. The Morgan fingerprint density at radius 2 is 1.89 bits per heavy atom. The Hall–Kier alpha value is -2.80. The van der Waals surface area contributed by atoms with Gasteiger partial charge in [0, 0.05) is 11.6 Å². The minimum absolute atomic E-state index is 0.173. The van der Waals surface area contributed by atoms with Crippen molar-refractivity contribution < 1.29 is 14.6 Å². The molecule has 2 rings (SSSR count). The maximum atomic E-state index is 12.1. The minimum atomic E-state index is -0.281. The number of nitrogens with zero attached hydrogens (tertiary/aromatic N) is 1. The summed E-state index contributed by atoms with van der Waals surface area (Å²) >= 11 is 0. The summed E-state index contributed by atoms with van der Waals surface area (Å²) in [6, 6.07) is 12.8. The highest BCUT2D eigenvalue weighted by atomic mass is 16.5. The molecular formula is C14H9NO3. The standard InChI is InChI=1S/C14H9NO3/c15-9-18-11-6-7-12(13(16)8-11)14(17)10-4-2-1-3-5-10/h1-8,16H. The molecular weight excluding hydrogens is 230 g/mol. The van der Waals surface area contributed by atoms with Crippen molar-refractivity contribution in [3.63, 3.8) is 0 Å². The van der Waals surface area contributed by atoms with Crippen molar-refractivity contribution in [2.45, 2.75) is 0 Å². The van der Waals surface area contributed by atoms with Crippen molar-refractivity contribution in [2.24, 2.45) is 0 Å². The van der Waals surface area contributed by atoms with E-state index >= 15 is 0 Å². The molecule has 2 aromatic carbocycles. The molecule has 0 amide bonds. The van der Waals surface area contributed by atoms with Crippen LogP contribution in [0.2, 0.25) is 0 Å². The lowest BCUT2D eigenvalue weighted by Crippen LogP contribution is -2.01. The number of benzene rings is 2. The molecule has 0 saturated carbocycles. The smallest absolute Gasteiger partial charge is 0.292 e. The summed E-state index contributed by atoms with van der Waals surface area (Å²) in [5, 5.41) is 18.1. The molecule has 88 valence electrons. The van der Waals surface area contributed by atoms with Crippen LogP contribution in [0.3, 0.4) is 0 Å². The number of hydrogen-bond donors (Lipinski definition) is 1. The zero-order chi connectivity index (χ0) is 13.0. The van der Waals surface area contributed by atoms with Crippen molar-refractivity contribution in [3.05, 3.63) is 59.7 Å². The van der Waals surface area contributed by atoms with Gasteiger partial charge in [-0.05, 0) is 12.1 Å². The van der Waals surface area contributed by atoms with Gasteiger partial charge < -0.3 is 9.84 Å². The zero-order valence-corrected chi connectivity index (χ0v) is 9.33. The maximum absolute atomic E-state index is 12.1. The highest BCUT2D eigenvalue weighted by Crippen LogP contribution is 2.25. The van der Waals surface area contributed by atoms with Crippen LogP contribution in [0.25, 0.3) is 0 Å². The number of rotatable bonds is 3. The highest BCUT2D eigenvalue weighted by Gasteiger charge is 2.13. The summed E-state index contributed by atoms with van der Waals surface area (Å²) in [4.78, 5) is 12.1. The SMILES string of the molecule is N#COc1ccc(C(=O)c2ccccc2)c(O)c1. The van der Waals surface area contributed by atoms with E-state index in [1.54, 1.807) is 30.3 Å². The lowest BCUT2D eigenvalue weighted by Gasteiger charge is -2.05. The lowest BCUT2D eigenvalue weighted by atomic mass is 10.0. The molecule has 0 aliphatic carbocycles. The van der Waals surface area contributed by atoms with Gasteiger partial charge in [0.05, 0.1) is 5.56 Å². The summed E-state index contributed by atoms with van der Waals surface area (Å²) < 4.78 is 4.56. The van der Waals surface area contributed by atoms with E-state index in [9.17, 15) is 9.90 Å². The number of carbonyl (C=O) groups is 1. The van der Waals surface area contributed by atoms with Crippen LogP contribution in [0.1, 0.15) is 15.9 Å². The van der Waals surface area contributed by atoms with Crippen molar-refractivity contribution in [2.75, 3.05) is 0 Å². The first-order valence-corrected chi connectivity index (χ1v) is 5.21. The van der Waals surface area contributed by atoms with Gasteiger partial charge >= 0.3 is 0 Å². The van der Waals surface area contributed by atoms with Crippen molar-refractivity contribution in [3.8, 4) is 17.8 Å². The quantitative estimate of drug-likeness (QED) is 0.659. The number of hydrogen-bond acceptors (Lipinski definition) is 4. The second-order valence-electron chi connectivity index (χ2n) is 3.57. The molecule has 0 spiro atoms. The molecule has 0 unspecified atom stereocenters. The minimum Gasteiger partial charge on any atom is -0.507 e. The van der Waals surface area contributed by atoms with Crippen LogP contribution >= 0.6 is 0 Å². The third kappa shape index (κ3) is 2.30. The number of phenolic OH excluding ortho intramolecular Hbond substituents is 1. The Morgan fingerprint density at radius 3 is 2.50 bits per heavy atom. The molecule has 0 aliphatic heterocycles. The Kier molecular flexibility index (Phi) is 3.26. The summed E-state index contributed by atoms with van der Waals surface area (Å²) in [6.45, 7) is 0. The molecule has 4 heteroatoms. The van der Waals surface area contributed by atoms with E-state index in [4.69, 9.17) is 5.26 Å². The van der Waals surface area contributed by atoms with Crippen LogP contribution in [-0.2, 0) is 0 Å². The van der Waals surface area contributed by atoms with Crippen LogP contribution in [0.15, 0.2) is 48.5 Å². The van der Waals surface area contributed by atoms with E-state index in [1.807, 2.05) is 0 Å². The number of aromatic hydroxyl groups is 1. The van der Waals surface area contributed by atoms with Gasteiger partial charge in [-0.2, -0.15) is 0 Å². The average Bonchev–Trinajstić information content (AvgIpc) is 2.40. The largest absolute Gasteiger partial charge is 0.507 e. The molecule has 0 aliphatic rings. The van der Waals surface area contributed by atoms with E-state index in [-0.39, 0.29) is 22.8 Å². The van der Waals surface area contributed by atoms with Crippen LogP contribution in [0.4, 0.5) is 0 Å². The van der Waals surface area contributed by atoms with Gasteiger partial charge in [0.25, 0.3) is 6.26 Å². The van der Waals surface area contributed by atoms with Crippen molar-refractivity contribution in [1.82, 2.24) is 0 Å². The fourth-order valence-corrected chi connectivity index (χ4v) is 1.56. The second kappa shape index (κ2) is 5.02. The number of nitriles is 1. The first kappa shape index (κ1) is 11.7. The second-order valence-corrected chi connectivity index (χ2v) is 3.57. The predicted molar refractivity (Wildman–Crippen MR) is 64.2 cm³/mol. The molecule has 0 bridgehead atoms. The van der Waals surface area contributed by atoms with Gasteiger partial charge in [0.2, 0.25) is 0 Å². The first-order chi connectivity index (χ1) is 8.72.